The summed E-state index contributed by atoms with van der Waals surface area (Å²) < 4.78 is 26.3. The molecule has 21 heavy (non-hydrogen) atoms. The van der Waals surface area contributed by atoms with Crippen LogP contribution in [0.15, 0.2) is 84.0 Å². The van der Waals surface area contributed by atoms with Gasteiger partial charge in [0.25, 0.3) is 10.0 Å². The van der Waals surface area contributed by atoms with E-state index in [-0.39, 0.29) is 4.90 Å². The Morgan fingerprint density at radius 3 is 2.14 bits per heavy atom. The van der Waals surface area contributed by atoms with Crippen LogP contribution >= 0.6 is 0 Å². The highest BCUT2D eigenvalue weighted by Gasteiger charge is 2.29. The maximum atomic E-state index is 12.7. The lowest BCUT2D eigenvalue weighted by atomic mass is 10.1. The van der Waals surface area contributed by atoms with Gasteiger partial charge in [0.2, 0.25) is 0 Å². The molecule has 3 rings (SSSR count). The first-order valence-corrected chi connectivity index (χ1v) is 7.83. The lowest BCUT2D eigenvalue weighted by molar-refractivity contribution is 0.0400. The van der Waals surface area contributed by atoms with Gasteiger partial charge in [0.1, 0.15) is 12.0 Å². The van der Waals surface area contributed by atoms with E-state index in [9.17, 15) is 8.42 Å². The molecule has 1 aliphatic heterocycles. The summed E-state index contributed by atoms with van der Waals surface area (Å²) in [7, 11) is -3.77. The number of nitrogens with zero attached hydrogens (tertiary/aromatic N) is 1. The summed E-state index contributed by atoms with van der Waals surface area (Å²) in [4.78, 5) is 5.44. The third-order valence-corrected chi connectivity index (χ3v) is 4.60. The van der Waals surface area contributed by atoms with Crippen LogP contribution in [0.4, 0.5) is 0 Å². The van der Waals surface area contributed by atoms with E-state index in [0.29, 0.717) is 5.70 Å². The van der Waals surface area contributed by atoms with E-state index in [1.807, 2.05) is 30.3 Å². The first kappa shape index (κ1) is 13.5. The monoisotopic (exact) mass is 299 g/mol. The predicted octanol–water partition coefficient (Wildman–Crippen LogP) is 3.18. The molecule has 0 spiro atoms. The van der Waals surface area contributed by atoms with E-state index in [1.165, 1.54) is 6.26 Å². The van der Waals surface area contributed by atoms with E-state index < -0.39 is 10.0 Å². The molecule has 1 heterocycles. The van der Waals surface area contributed by atoms with Gasteiger partial charge in [-0.15, -0.1) is 0 Å². The molecule has 0 amide bonds. The zero-order valence-corrected chi connectivity index (χ0v) is 11.9. The molecule has 5 heteroatoms. The number of sulfonamides is 1. The summed E-state index contributed by atoms with van der Waals surface area (Å²) in [6.07, 6.45) is 4.71. The second kappa shape index (κ2) is 5.46. The van der Waals surface area contributed by atoms with Crippen molar-refractivity contribution in [3.63, 3.8) is 0 Å². The van der Waals surface area contributed by atoms with Gasteiger partial charge in [0.05, 0.1) is 4.90 Å². The molecule has 0 saturated carbocycles. The third kappa shape index (κ3) is 2.55. The Labute approximate surface area is 123 Å². The van der Waals surface area contributed by atoms with Crippen LogP contribution in [0, 0.1) is 0 Å². The minimum absolute atomic E-state index is 0.183. The highest BCUT2D eigenvalue weighted by molar-refractivity contribution is 7.89. The lowest BCUT2D eigenvalue weighted by Gasteiger charge is -2.26. The molecule has 0 aliphatic carbocycles. The molecule has 0 saturated heterocycles. The van der Waals surface area contributed by atoms with E-state index in [0.717, 1.165) is 10.0 Å². The maximum Gasteiger partial charge on any atom is 0.295 e. The molecule has 106 valence electrons. The molecular formula is C16H13NO3S. The van der Waals surface area contributed by atoms with Crippen molar-refractivity contribution in [2.75, 3.05) is 0 Å². The molecule has 0 fully saturated rings. The van der Waals surface area contributed by atoms with E-state index >= 15 is 0 Å². The van der Waals surface area contributed by atoms with E-state index in [2.05, 4.69) is 0 Å². The van der Waals surface area contributed by atoms with Gasteiger partial charge in [-0.3, -0.25) is 0 Å². The minimum atomic E-state index is -3.77. The van der Waals surface area contributed by atoms with Crippen LogP contribution in [-0.4, -0.2) is 12.9 Å². The predicted molar refractivity (Wildman–Crippen MR) is 80.1 cm³/mol. The summed E-state index contributed by atoms with van der Waals surface area (Å²) >= 11 is 0. The molecule has 4 nitrogen and oxygen atoms in total. The van der Waals surface area contributed by atoms with Crippen LogP contribution in [0.5, 0.6) is 0 Å². The summed E-state index contributed by atoms with van der Waals surface area (Å²) in [6, 6.07) is 17.5. The number of rotatable bonds is 3. The quantitative estimate of drug-likeness (QED) is 0.874. The van der Waals surface area contributed by atoms with Gasteiger partial charge in [0.15, 0.2) is 0 Å². The Kier molecular flexibility index (Phi) is 3.50. The number of hydroxylamine groups is 1. The van der Waals surface area contributed by atoms with Crippen molar-refractivity contribution in [3.05, 3.63) is 84.6 Å². The van der Waals surface area contributed by atoms with Gasteiger partial charge >= 0.3 is 0 Å². The average Bonchev–Trinajstić information content (AvgIpc) is 2.56. The van der Waals surface area contributed by atoms with Crippen molar-refractivity contribution in [1.82, 2.24) is 4.47 Å². The van der Waals surface area contributed by atoms with Gasteiger partial charge in [0, 0.05) is 5.56 Å². The standard InChI is InChI=1S/C16H13NO3S/c18-21(19,15-10-5-2-6-11-15)17-16(12-7-13-20-17)14-8-3-1-4-9-14/h1-13H. The van der Waals surface area contributed by atoms with Crippen LogP contribution in [0.25, 0.3) is 5.70 Å². The first-order chi connectivity index (χ1) is 10.2. The molecular weight excluding hydrogens is 286 g/mol. The smallest absolute Gasteiger partial charge is 0.295 e. The summed E-state index contributed by atoms with van der Waals surface area (Å²) in [6.45, 7) is 0. The van der Waals surface area contributed by atoms with Crippen molar-refractivity contribution in [3.8, 4) is 0 Å². The molecule has 0 atom stereocenters. The summed E-state index contributed by atoms with van der Waals surface area (Å²) in [5.41, 5.74) is 1.24. The number of benzene rings is 2. The van der Waals surface area contributed by atoms with Crippen molar-refractivity contribution in [2.45, 2.75) is 4.90 Å². The Balaban J connectivity index is 2.06. The Morgan fingerprint density at radius 1 is 0.857 bits per heavy atom. The topological polar surface area (TPSA) is 46.6 Å². The zero-order chi connectivity index (χ0) is 14.7. The molecule has 0 aromatic heterocycles. The van der Waals surface area contributed by atoms with Crippen LogP contribution in [0.2, 0.25) is 0 Å². The van der Waals surface area contributed by atoms with Gasteiger partial charge in [-0.25, -0.2) is 0 Å². The Hall–Kier alpha value is -2.53. The molecule has 2 aromatic carbocycles. The average molecular weight is 299 g/mol. The van der Waals surface area contributed by atoms with Crippen LogP contribution < -0.4 is 0 Å². The molecule has 0 unspecified atom stereocenters. The van der Waals surface area contributed by atoms with Crippen LogP contribution in [-0.2, 0) is 14.9 Å². The lowest BCUT2D eigenvalue weighted by Crippen LogP contribution is -2.29. The van der Waals surface area contributed by atoms with Crippen LogP contribution in [0.3, 0.4) is 0 Å². The van der Waals surface area contributed by atoms with E-state index in [1.54, 1.807) is 42.5 Å². The van der Waals surface area contributed by atoms with Crippen molar-refractivity contribution in [2.24, 2.45) is 0 Å². The van der Waals surface area contributed by atoms with Gasteiger partial charge in [-0.2, -0.15) is 8.42 Å². The second-order valence-electron chi connectivity index (χ2n) is 4.40. The largest absolute Gasteiger partial charge is 0.372 e. The number of allylic oxidation sites excluding steroid dienone is 2. The summed E-state index contributed by atoms with van der Waals surface area (Å²) in [5, 5.41) is 0. The Morgan fingerprint density at radius 2 is 1.48 bits per heavy atom. The van der Waals surface area contributed by atoms with Crippen molar-refractivity contribution in [1.29, 1.82) is 0 Å². The minimum Gasteiger partial charge on any atom is -0.372 e. The fraction of sp³-hybridized carbons (Fsp3) is 0. The zero-order valence-electron chi connectivity index (χ0n) is 11.1. The molecule has 0 bridgehead atoms. The van der Waals surface area contributed by atoms with Crippen molar-refractivity contribution < 1.29 is 13.3 Å². The normalized spacial score (nSPS) is 14.5. The van der Waals surface area contributed by atoms with E-state index in [4.69, 9.17) is 4.84 Å². The molecule has 1 aliphatic rings. The molecule has 0 radical (unpaired) electrons. The molecule has 0 N–H and O–H groups in total. The third-order valence-electron chi connectivity index (χ3n) is 3.01. The first-order valence-electron chi connectivity index (χ1n) is 6.39. The fourth-order valence-electron chi connectivity index (χ4n) is 2.02. The van der Waals surface area contributed by atoms with Gasteiger partial charge in [-0.1, -0.05) is 53.0 Å². The highest BCUT2D eigenvalue weighted by atomic mass is 32.2. The Bertz CT molecular complexity index is 781. The second-order valence-corrected chi connectivity index (χ2v) is 6.15. The number of hydrogen-bond acceptors (Lipinski definition) is 3. The SMILES string of the molecule is O=S(=O)(c1ccccc1)N1OC=CC=C1c1ccccc1. The maximum absolute atomic E-state index is 12.7. The van der Waals surface area contributed by atoms with Crippen molar-refractivity contribution >= 4 is 15.7 Å². The fourth-order valence-corrected chi connectivity index (χ4v) is 3.30. The number of hydrogen-bond donors (Lipinski definition) is 0. The van der Waals surface area contributed by atoms with Crippen LogP contribution in [0.1, 0.15) is 5.56 Å². The van der Waals surface area contributed by atoms with Gasteiger partial charge in [-0.05, 0) is 24.3 Å². The summed E-state index contributed by atoms with van der Waals surface area (Å²) in [5.74, 6) is 0. The molecule has 2 aromatic rings. The van der Waals surface area contributed by atoms with Gasteiger partial charge < -0.3 is 4.84 Å². The highest BCUT2D eigenvalue weighted by Crippen LogP contribution is 2.29.